The molecule has 1 amide bonds. The van der Waals surface area contributed by atoms with Crippen LogP contribution in [-0.4, -0.2) is 42.7 Å². The van der Waals surface area contributed by atoms with Crippen LogP contribution in [0.1, 0.15) is 25.3 Å². The number of fused-ring (bicyclic) bond motifs is 1. The second-order valence-electron chi connectivity index (χ2n) is 7.74. The molecule has 0 aliphatic carbocycles. The van der Waals surface area contributed by atoms with Gasteiger partial charge in [-0.25, -0.2) is 9.78 Å². The fraction of sp³-hybridized carbons (Fsp3) is 0.333. The number of imidazole rings is 1. The third-order valence-corrected chi connectivity index (χ3v) is 6.15. The predicted octanol–water partition coefficient (Wildman–Crippen LogP) is 1.83. The van der Waals surface area contributed by atoms with Crippen molar-refractivity contribution in [3.8, 4) is 0 Å². The summed E-state index contributed by atoms with van der Waals surface area (Å²) < 4.78 is 2.64. The molecular formula is C21H23Cl2N7O3. The summed E-state index contributed by atoms with van der Waals surface area (Å²) >= 11 is 12.2. The first kappa shape index (κ1) is 22.9. The number of carbonyl (C=O) groups excluding carboxylic acids is 1. The second-order valence-corrected chi connectivity index (χ2v) is 8.55. The zero-order chi connectivity index (χ0) is 23.7. The van der Waals surface area contributed by atoms with E-state index in [1.165, 1.54) is 22.5 Å². The third-order valence-electron chi connectivity index (χ3n) is 5.41. The number of hydrogen-bond acceptors (Lipinski definition) is 6. The maximum absolute atomic E-state index is 12.9. The van der Waals surface area contributed by atoms with Gasteiger partial charge in [0.25, 0.3) is 5.56 Å². The molecule has 0 radical (unpaired) electrons. The van der Waals surface area contributed by atoms with Crippen molar-refractivity contribution >= 4 is 46.0 Å². The number of aryl methyl sites for hydroxylation is 1. The summed E-state index contributed by atoms with van der Waals surface area (Å²) in [7, 11) is 1.50. The molecule has 1 aliphatic rings. The number of nitrogens with one attached hydrogen (secondary N) is 3. The molecular weight excluding hydrogens is 469 g/mol. The first-order chi connectivity index (χ1) is 15.8. The molecule has 0 saturated carbocycles. The van der Waals surface area contributed by atoms with E-state index < -0.39 is 17.5 Å². The lowest BCUT2D eigenvalue weighted by molar-refractivity contribution is -0.123. The molecule has 2 aromatic heterocycles. The quantitative estimate of drug-likeness (QED) is 0.464. The lowest BCUT2D eigenvalue weighted by Gasteiger charge is -2.26. The van der Waals surface area contributed by atoms with Gasteiger partial charge in [0.1, 0.15) is 6.54 Å². The number of benzene rings is 1. The number of H-pyrrole nitrogens is 1. The van der Waals surface area contributed by atoms with Crippen molar-refractivity contribution in [3.63, 3.8) is 0 Å². The monoisotopic (exact) mass is 491 g/mol. The Morgan fingerprint density at radius 1 is 1.24 bits per heavy atom. The fourth-order valence-electron chi connectivity index (χ4n) is 3.64. The number of carbonyl (C=O) groups is 1. The molecule has 1 atom stereocenters. The summed E-state index contributed by atoms with van der Waals surface area (Å²) in [4.78, 5) is 45.2. The Labute approximate surface area is 198 Å². The van der Waals surface area contributed by atoms with Crippen LogP contribution in [0.5, 0.6) is 0 Å². The lowest BCUT2D eigenvalue weighted by atomic mass is 10.2. The highest BCUT2D eigenvalue weighted by Crippen LogP contribution is 2.27. The van der Waals surface area contributed by atoms with Crippen LogP contribution in [0.25, 0.3) is 16.9 Å². The number of hydrogen-bond donors (Lipinski definition) is 3. The second kappa shape index (κ2) is 9.32. The van der Waals surface area contributed by atoms with E-state index in [4.69, 9.17) is 23.2 Å². The number of aromatic nitrogens is 4. The van der Waals surface area contributed by atoms with Gasteiger partial charge in [-0.3, -0.25) is 19.1 Å². The van der Waals surface area contributed by atoms with E-state index >= 15 is 0 Å². The van der Waals surface area contributed by atoms with Crippen molar-refractivity contribution in [1.82, 2.24) is 34.6 Å². The minimum absolute atomic E-state index is 0.139. The molecule has 174 valence electrons. The van der Waals surface area contributed by atoms with E-state index in [0.717, 1.165) is 30.6 Å². The molecule has 0 spiro atoms. The summed E-state index contributed by atoms with van der Waals surface area (Å²) in [6.45, 7) is 2.68. The Balaban J connectivity index is 1.52. The highest BCUT2D eigenvalue weighted by atomic mass is 35.5. The highest BCUT2D eigenvalue weighted by molar-refractivity contribution is 6.42. The maximum Gasteiger partial charge on any atom is 0.329 e. The van der Waals surface area contributed by atoms with Crippen LogP contribution in [0.4, 0.5) is 0 Å². The Morgan fingerprint density at radius 3 is 2.76 bits per heavy atom. The largest absolute Gasteiger partial charge is 0.347 e. The number of rotatable bonds is 7. The van der Waals surface area contributed by atoms with Crippen molar-refractivity contribution in [3.05, 3.63) is 67.2 Å². The van der Waals surface area contributed by atoms with E-state index in [1.54, 1.807) is 12.1 Å². The van der Waals surface area contributed by atoms with Crippen LogP contribution >= 0.6 is 23.2 Å². The van der Waals surface area contributed by atoms with Crippen molar-refractivity contribution in [2.75, 3.05) is 6.54 Å². The van der Waals surface area contributed by atoms with Crippen molar-refractivity contribution in [2.45, 2.75) is 32.6 Å². The molecule has 4 rings (SSSR count). The summed E-state index contributed by atoms with van der Waals surface area (Å²) in [5, 5.41) is 7.16. The smallest absolute Gasteiger partial charge is 0.329 e. The predicted molar refractivity (Wildman–Crippen MR) is 127 cm³/mol. The molecule has 10 nitrogen and oxygen atoms in total. The van der Waals surface area contributed by atoms with Crippen LogP contribution < -0.4 is 21.9 Å². The SMILES string of the molecule is CCCCN1C=C(c2ccc(Cl)c(Cl)c2)NC1NC(=O)Cn1cnc2c1c(=O)[nH]c(=O)n2C. The Kier molecular flexibility index (Phi) is 6.48. The molecule has 1 aliphatic heterocycles. The zero-order valence-electron chi connectivity index (χ0n) is 18.1. The van der Waals surface area contributed by atoms with E-state index in [1.807, 2.05) is 17.2 Å². The normalized spacial score (nSPS) is 15.6. The summed E-state index contributed by atoms with van der Waals surface area (Å²) in [6.07, 6.45) is 4.76. The molecule has 0 saturated heterocycles. The molecule has 0 bridgehead atoms. The average Bonchev–Trinajstić information content (AvgIpc) is 3.37. The van der Waals surface area contributed by atoms with Crippen molar-refractivity contribution in [1.29, 1.82) is 0 Å². The molecule has 1 unspecified atom stereocenters. The number of amides is 1. The standard InChI is InChI=1S/C21H23Cl2N7O3/c1-3-4-7-29-9-15(12-5-6-13(22)14(23)8-12)25-20(29)26-16(31)10-30-11-24-18-17(30)19(32)27-21(33)28(18)2/h5-6,8-9,11,20,25H,3-4,7,10H2,1-2H3,(H,26,31)(H,27,32,33). The van der Waals surface area contributed by atoms with Gasteiger partial charge in [0.05, 0.1) is 22.1 Å². The molecule has 1 aromatic carbocycles. The van der Waals surface area contributed by atoms with Crippen molar-refractivity contribution < 1.29 is 4.79 Å². The van der Waals surface area contributed by atoms with Crippen LogP contribution in [0.2, 0.25) is 10.0 Å². The number of unbranched alkanes of at least 4 members (excludes halogenated alkanes) is 1. The van der Waals surface area contributed by atoms with Gasteiger partial charge in [-0.05, 0) is 18.6 Å². The van der Waals surface area contributed by atoms with Crippen LogP contribution in [0.3, 0.4) is 0 Å². The van der Waals surface area contributed by atoms with Gasteiger partial charge in [-0.2, -0.15) is 0 Å². The zero-order valence-corrected chi connectivity index (χ0v) is 19.6. The third kappa shape index (κ3) is 4.62. The fourth-order valence-corrected chi connectivity index (χ4v) is 3.94. The van der Waals surface area contributed by atoms with E-state index in [9.17, 15) is 14.4 Å². The number of halogens is 2. The Morgan fingerprint density at radius 2 is 2.03 bits per heavy atom. The molecule has 12 heteroatoms. The van der Waals surface area contributed by atoms with Gasteiger partial charge in [0, 0.05) is 25.4 Å². The molecule has 3 N–H and O–H groups in total. The number of aromatic amines is 1. The highest BCUT2D eigenvalue weighted by Gasteiger charge is 2.26. The van der Waals surface area contributed by atoms with Crippen molar-refractivity contribution in [2.24, 2.45) is 7.05 Å². The van der Waals surface area contributed by atoms with Gasteiger partial charge in [-0.15, -0.1) is 0 Å². The summed E-state index contributed by atoms with van der Waals surface area (Å²) in [6, 6.07) is 5.33. The molecule has 3 aromatic rings. The van der Waals surface area contributed by atoms with E-state index in [-0.39, 0.29) is 23.6 Å². The van der Waals surface area contributed by atoms with Gasteiger partial charge < -0.3 is 20.1 Å². The molecule has 3 heterocycles. The number of nitrogens with zero attached hydrogens (tertiary/aromatic N) is 4. The molecule has 33 heavy (non-hydrogen) atoms. The van der Waals surface area contributed by atoms with Gasteiger partial charge >= 0.3 is 5.69 Å². The van der Waals surface area contributed by atoms with Gasteiger partial charge in [0.15, 0.2) is 17.5 Å². The van der Waals surface area contributed by atoms with Gasteiger partial charge in [-0.1, -0.05) is 42.6 Å². The lowest BCUT2D eigenvalue weighted by Crippen LogP contribution is -2.51. The molecule has 0 fully saturated rings. The first-order valence-corrected chi connectivity index (χ1v) is 11.2. The van der Waals surface area contributed by atoms with E-state index in [0.29, 0.717) is 10.0 Å². The van der Waals surface area contributed by atoms with Crippen LogP contribution in [0.15, 0.2) is 40.3 Å². The summed E-state index contributed by atoms with van der Waals surface area (Å²) in [5.41, 5.74) is 0.855. The minimum atomic E-state index is -0.592. The van der Waals surface area contributed by atoms with Crippen LogP contribution in [-0.2, 0) is 18.4 Å². The maximum atomic E-state index is 12.9. The average molecular weight is 492 g/mol. The Bertz CT molecular complexity index is 1360. The van der Waals surface area contributed by atoms with Gasteiger partial charge in [0.2, 0.25) is 5.91 Å². The Hall–Kier alpha value is -3.24. The minimum Gasteiger partial charge on any atom is -0.347 e. The first-order valence-electron chi connectivity index (χ1n) is 10.4. The van der Waals surface area contributed by atoms with Crippen LogP contribution in [0, 0.1) is 0 Å². The van der Waals surface area contributed by atoms with E-state index in [2.05, 4.69) is 27.5 Å². The summed E-state index contributed by atoms with van der Waals surface area (Å²) in [5.74, 6) is -0.328. The topological polar surface area (TPSA) is 117 Å².